The molecule has 0 aliphatic rings. The van der Waals surface area contributed by atoms with Crippen LogP contribution in [-0.2, 0) is 4.79 Å². The van der Waals surface area contributed by atoms with Gasteiger partial charge in [0, 0.05) is 24.1 Å². The van der Waals surface area contributed by atoms with Crippen LogP contribution in [0.4, 0.5) is 4.79 Å². The summed E-state index contributed by atoms with van der Waals surface area (Å²) in [5, 5.41) is 6.86. The average molecular weight is 340 g/mol. The van der Waals surface area contributed by atoms with Crippen molar-refractivity contribution in [3.8, 4) is 0 Å². The number of hydrogen-bond acceptors (Lipinski definition) is 2. The van der Waals surface area contributed by atoms with E-state index in [2.05, 4.69) is 36.6 Å². The van der Waals surface area contributed by atoms with Crippen LogP contribution >= 0.6 is 0 Å². The van der Waals surface area contributed by atoms with Gasteiger partial charge >= 0.3 is 6.03 Å². The predicted molar refractivity (Wildman–Crippen MR) is 97.7 cm³/mol. The van der Waals surface area contributed by atoms with Crippen molar-refractivity contribution in [1.29, 1.82) is 0 Å². The third kappa shape index (κ3) is 5.16. The lowest BCUT2D eigenvalue weighted by Crippen LogP contribution is -2.89. The second-order valence-electron chi connectivity index (χ2n) is 6.33. The summed E-state index contributed by atoms with van der Waals surface area (Å²) in [6.45, 7) is 4.26. The van der Waals surface area contributed by atoms with Crippen molar-refractivity contribution < 1.29 is 14.9 Å². The van der Waals surface area contributed by atoms with Crippen LogP contribution in [0.5, 0.6) is 0 Å². The molecule has 132 valence electrons. The fraction of sp³-hybridized carbons (Fsp3) is 0.300. The molecule has 0 unspecified atom stereocenters. The maximum atomic E-state index is 12.7. The Kier molecular flexibility index (Phi) is 6.71. The second kappa shape index (κ2) is 8.99. The molecule has 0 bridgehead atoms. The molecule has 0 fully saturated rings. The Morgan fingerprint density at radius 3 is 1.88 bits per heavy atom. The van der Waals surface area contributed by atoms with E-state index in [-0.39, 0.29) is 11.9 Å². The van der Waals surface area contributed by atoms with Crippen molar-refractivity contribution in [1.82, 2.24) is 10.6 Å². The highest BCUT2D eigenvalue weighted by Gasteiger charge is 2.31. The van der Waals surface area contributed by atoms with Gasteiger partial charge in [-0.2, -0.15) is 0 Å². The number of carbonyl (C=O) groups excluding carboxylic acids is 2. The molecular weight excluding hydrogens is 314 g/mol. The first kappa shape index (κ1) is 18.7. The lowest BCUT2D eigenvalue weighted by molar-refractivity contribution is -0.728. The van der Waals surface area contributed by atoms with E-state index in [9.17, 15) is 9.59 Å². The van der Waals surface area contributed by atoms with E-state index >= 15 is 0 Å². The minimum atomic E-state index is -0.508. The Hall–Kier alpha value is -2.66. The van der Waals surface area contributed by atoms with E-state index in [0.717, 1.165) is 11.1 Å². The fourth-order valence-electron chi connectivity index (χ4n) is 2.86. The molecule has 2 atom stereocenters. The first-order chi connectivity index (χ1) is 12.0. The van der Waals surface area contributed by atoms with Crippen molar-refractivity contribution in [2.24, 2.45) is 5.92 Å². The van der Waals surface area contributed by atoms with E-state index < -0.39 is 12.1 Å². The van der Waals surface area contributed by atoms with Crippen molar-refractivity contribution >= 4 is 11.9 Å². The number of nitrogens with one attached hydrogen (secondary N) is 2. The zero-order valence-corrected chi connectivity index (χ0v) is 14.9. The first-order valence-electron chi connectivity index (χ1n) is 8.50. The predicted octanol–water partition coefficient (Wildman–Crippen LogP) is 2.14. The van der Waals surface area contributed by atoms with Crippen LogP contribution in [0, 0.1) is 5.92 Å². The van der Waals surface area contributed by atoms with Gasteiger partial charge in [-0.25, -0.2) is 4.79 Å². The van der Waals surface area contributed by atoms with Crippen LogP contribution in [0.2, 0.25) is 0 Å². The largest absolute Gasteiger partial charge is 0.341 e. The molecule has 2 rings (SSSR count). The SMILES string of the molecule is CNC(=O)NC(=O)[C@@H]([NH2+][C@H](c1ccccc1)C(C)C)c1ccccc1. The summed E-state index contributed by atoms with van der Waals surface area (Å²) in [7, 11) is 1.49. The summed E-state index contributed by atoms with van der Waals surface area (Å²) in [5.41, 5.74) is 2.02. The summed E-state index contributed by atoms with van der Waals surface area (Å²) in [4.78, 5) is 24.3. The molecule has 0 aliphatic heterocycles. The standard InChI is InChI=1S/C20H25N3O2/c1-14(2)17(15-10-6-4-7-11-15)22-18(16-12-8-5-9-13-16)19(24)23-20(25)21-3/h4-14,17-18,22H,1-3H3,(H2,21,23,24,25)/p+1/t17-,18-/m0/s1. The molecule has 2 aromatic carbocycles. The number of carbonyl (C=O) groups is 2. The molecule has 2 aromatic rings. The Balaban J connectivity index is 2.31. The third-order valence-electron chi connectivity index (χ3n) is 4.21. The Labute approximate surface area is 148 Å². The van der Waals surface area contributed by atoms with Gasteiger partial charge in [0.25, 0.3) is 5.91 Å². The highest BCUT2D eigenvalue weighted by atomic mass is 16.2. The van der Waals surface area contributed by atoms with Crippen LogP contribution in [0.25, 0.3) is 0 Å². The van der Waals surface area contributed by atoms with E-state index in [1.165, 1.54) is 7.05 Å². The Morgan fingerprint density at radius 2 is 1.40 bits per heavy atom. The summed E-state index contributed by atoms with van der Waals surface area (Å²) in [5.74, 6) is -0.00598. The van der Waals surface area contributed by atoms with Gasteiger partial charge in [0.2, 0.25) is 0 Å². The molecule has 0 aromatic heterocycles. The maximum Gasteiger partial charge on any atom is 0.321 e. The van der Waals surface area contributed by atoms with Gasteiger partial charge in [-0.1, -0.05) is 74.5 Å². The van der Waals surface area contributed by atoms with Crippen molar-refractivity contribution in [3.63, 3.8) is 0 Å². The minimum Gasteiger partial charge on any atom is -0.341 e. The highest BCUT2D eigenvalue weighted by Crippen LogP contribution is 2.19. The zero-order chi connectivity index (χ0) is 18.2. The van der Waals surface area contributed by atoms with Gasteiger partial charge in [0.15, 0.2) is 6.04 Å². The topological polar surface area (TPSA) is 74.8 Å². The number of nitrogens with two attached hydrogens (primary N) is 1. The van der Waals surface area contributed by atoms with E-state index in [1.54, 1.807) is 0 Å². The molecule has 0 saturated heterocycles. The summed E-state index contributed by atoms with van der Waals surface area (Å²) < 4.78 is 0. The van der Waals surface area contributed by atoms with Crippen LogP contribution in [0.3, 0.4) is 0 Å². The number of amides is 3. The number of quaternary nitrogens is 1. The molecular formula is C20H26N3O2+. The monoisotopic (exact) mass is 340 g/mol. The lowest BCUT2D eigenvalue weighted by atomic mass is 9.94. The van der Waals surface area contributed by atoms with Crippen LogP contribution in [0.15, 0.2) is 60.7 Å². The average Bonchev–Trinajstić information content (AvgIpc) is 2.63. The van der Waals surface area contributed by atoms with Gasteiger partial charge in [0.1, 0.15) is 6.04 Å². The van der Waals surface area contributed by atoms with Gasteiger partial charge in [-0.3, -0.25) is 10.1 Å². The fourth-order valence-corrected chi connectivity index (χ4v) is 2.86. The molecule has 4 N–H and O–H groups in total. The summed E-state index contributed by atoms with van der Waals surface area (Å²) >= 11 is 0. The number of rotatable bonds is 6. The van der Waals surface area contributed by atoms with E-state index in [0.29, 0.717) is 5.92 Å². The minimum absolute atomic E-state index is 0.0989. The lowest BCUT2D eigenvalue weighted by Gasteiger charge is -2.25. The number of benzene rings is 2. The number of urea groups is 1. The van der Waals surface area contributed by atoms with E-state index in [1.807, 2.05) is 53.8 Å². The summed E-state index contributed by atoms with van der Waals surface area (Å²) in [6.07, 6.45) is 0. The molecule has 0 saturated carbocycles. The maximum absolute atomic E-state index is 12.7. The molecule has 0 heterocycles. The van der Waals surface area contributed by atoms with Gasteiger partial charge in [0.05, 0.1) is 0 Å². The van der Waals surface area contributed by atoms with Gasteiger partial charge in [-0.05, 0) is 0 Å². The molecule has 5 heteroatoms. The van der Waals surface area contributed by atoms with E-state index in [4.69, 9.17) is 0 Å². The van der Waals surface area contributed by atoms with Crippen LogP contribution < -0.4 is 16.0 Å². The second-order valence-corrected chi connectivity index (χ2v) is 6.33. The van der Waals surface area contributed by atoms with Gasteiger partial charge < -0.3 is 10.6 Å². The van der Waals surface area contributed by atoms with Crippen molar-refractivity contribution in [2.75, 3.05) is 7.05 Å². The first-order valence-corrected chi connectivity index (χ1v) is 8.50. The smallest absolute Gasteiger partial charge is 0.321 e. The van der Waals surface area contributed by atoms with Crippen molar-refractivity contribution in [3.05, 3.63) is 71.8 Å². The molecule has 3 amide bonds. The van der Waals surface area contributed by atoms with Gasteiger partial charge in [-0.15, -0.1) is 0 Å². The third-order valence-corrected chi connectivity index (χ3v) is 4.21. The van der Waals surface area contributed by atoms with Crippen molar-refractivity contribution in [2.45, 2.75) is 25.9 Å². The van der Waals surface area contributed by atoms with Crippen LogP contribution in [0.1, 0.15) is 37.1 Å². The zero-order valence-electron chi connectivity index (χ0n) is 14.9. The molecule has 0 spiro atoms. The molecule has 0 radical (unpaired) electrons. The molecule has 5 nitrogen and oxygen atoms in total. The molecule has 0 aliphatic carbocycles. The quantitative estimate of drug-likeness (QED) is 0.754. The Bertz CT molecular complexity index is 687. The number of imide groups is 1. The Morgan fingerprint density at radius 1 is 0.880 bits per heavy atom. The van der Waals surface area contributed by atoms with Crippen LogP contribution in [-0.4, -0.2) is 19.0 Å². The number of hydrogen-bond donors (Lipinski definition) is 3. The highest BCUT2D eigenvalue weighted by molar-refractivity contribution is 5.96. The summed E-state index contributed by atoms with van der Waals surface area (Å²) in [6, 6.07) is 18.7. The molecule has 25 heavy (non-hydrogen) atoms. The normalized spacial score (nSPS) is 13.1.